The Balaban J connectivity index is 2.28. The van der Waals surface area contributed by atoms with Gasteiger partial charge in [-0.3, -0.25) is 0 Å². The van der Waals surface area contributed by atoms with Crippen LogP contribution in [0.25, 0.3) is 0 Å². The van der Waals surface area contributed by atoms with E-state index in [0.717, 1.165) is 25.1 Å². The molecule has 1 aliphatic heterocycles. The number of rotatable bonds is 3. The molecule has 2 atom stereocenters. The number of benzene rings is 1. The Hall–Kier alpha value is -0.890. The van der Waals surface area contributed by atoms with Gasteiger partial charge in [-0.1, -0.05) is 32.0 Å². The van der Waals surface area contributed by atoms with Crippen LogP contribution in [0.15, 0.2) is 24.3 Å². The zero-order valence-corrected chi connectivity index (χ0v) is 10.0. The largest absolute Gasteiger partial charge is 0.316 e. The summed E-state index contributed by atoms with van der Waals surface area (Å²) < 4.78 is 13.8. The van der Waals surface area contributed by atoms with Crippen LogP contribution in [0, 0.1) is 17.7 Å². The summed E-state index contributed by atoms with van der Waals surface area (Å²) in [6.45, 7) is 6.48. The van der Waals surface area contributed by atoms with Gasteiger partial charge < -0.3 is 5.32 Å². The first kappa shape index (κ1) is 11.6. The first-order valence-electron chi connectivity index (χ1n) is 6.15. The summed E-state index contributed by atoms with van der Waals surface area (Å²) in [5.41, 5.74) is 0.895. The second-order valence-corrected chi connectivity index (χ2v) is 5.04. The van der Waals surface area contributed by atoms with Gasteiger partial charge in [-0.15, -0.1) is 0 Å². The molecule has 0 aromatic heterocycles. The summed E-state index contributed by atoms with van der Waals surface area (Å²) in [5, 5.41) is 3.37. The molecule has 1 saturated heterocycles. The van der Waals surface area contributed by atoms with Crippen LogP contribution < -0.4 is 5.32 Å². The molecule has 0 bridgehead atoms. The number of hydrogen-bond acceptors (Lipinski definition) is 1. The van der Waals surface area contributed by atoms with Gasteiger partial charge in [0, 0.05) is 0 Å². The van der Waals surface area contributed by atoms with Crippen molar-refractivity contribution in [2.75, 3.05) is 13.1 Å². The Bertz CT molecular complexity index is 342. The van der Waals surface area contributed by atoms with Crippen LogP contribution in [0.5, 0.6) is 0 Å². The number of nitrogens with one attached hydrogen (secondary N) is 1. The van der Waals surface area contributed by atoms with E-state index >= 15 is 0 Å². The third-order valence-electron chi connectivity index (χ3n) is 3.59. The third-order valence-corrected chi connectivity index (χ3v) is 3.59. The maximum atomic E-state index is 13.8. The Morgan fingerprint density at radius 1 is 1.31 bits per heavy atom. The molecule has 1 N–H and O–H groups in total. The minimum Gasteiger partial charge on any atom is -0.316 e. The van der Waals surface area contributed by atoms with Gasteiger partial charge in [-0.2, -0.15) is 0 Å². The summed E-state index contributed by atoms with van der Waals surface area (Å²) >= 11 is 0. The van der Waals surface area contributed by atoms with Crippen molar-refractivity contribution in [1.82, 2.24) is 5.32 Å². The number of hydrogen-bond donors (Lipinski definition) is 1. The Labute approximate surface area is 97.1 Å². The predicted molar refractivity (Wildman–Crippen MR) is 65.0 cm³/mol. The molecule has 1 aromatic carbocycles. The molecule has 2 heteroatoms. The molecule has 1 aromatic rings. The van der Waals surface area contributed by atoms with Gasteiger partial charge in [0.25, 0.3) is 0 Å². The average Bonchev–Trinajstić information content (AvgIpc) is 2.74. The summed E-state index contributed by atoms with van der Waals surface area (Å²) in [6, 6.07) is 7.23. The number of halogens is 1. The highest BCUT2D eigenvalue weighted by Crippen LogP contribution is 2.36. The van der Waals surface area contributed by atoms with E-state index in [1.54, 1.807) is 12.1 Å². The normalized spacial score (nSPS) is 22.6. The fourth-order valence-electron chi connectivity index (χ4n) is 2.89. The molecule has 2 rings (SSSR count). The molecule has 16 heavy (non-hydrogen) atoms. The van der Waals surface area contributed by atoms with E-state index in [4.69, 9.17) is 0 Å². The van der Waals surface area contributed by atoms with Crippen LogP contribution in [-0.2, 0) is 0 Å². The highest BCUT2D eigenvalue weighted by atomic mass is 19.1. The fraction of sp³-hybridized carbons (Fsp3) is 0.571. The summed E-state index contributed by atoms with van der Waals surface area (Å²) in [4.78, 5) is 0. The van der Waals surface area contributed by atoms with Crippen molar-refractivity contribution in [3.05, 3.63) is 35.6 Å². The molecule has 0 spiro atoms. The molecule has 0 radical (unpaired) electrons. The van der Waals surface area contributed by atoms with Crippen LogP contribution in [0.4, 0.5) is 4.39 Å². The zero-order chi connectivity index (χ0) is 11.5. The first-order chi connectivity index (χ1) is 7.70. The maximum Gasteiger partial charge on any atom is 0.126 e. The van der Waals surface area contributed by atoms with Crippen molar-refractivity contribution in [3.63, 3.8) is 0 Å². The van der Waals surface area contributed by atoms with Crippen molar-refractivity contribution in [3.8, 4) is 0 Å². The molecular weight excluding hydrogens is 201 g/mol. The second kappa shape index (κ2) is 4.96. The minimum atomic E-state index is -0.0481. The van der Waals surface area contributed by atoms with E-state index in [2.05, 4.69) is 19.2 Å². The van der Waals surface area contributed by atoms with Gasteiger partial charge in [0.1, 0.15) is 5.82 Å². The van der Waals surface area contributed by atoms with Gasteiger partial charge >= 0.3 is 0 Å². The average molecular weight is 221 g/mol. The lowest BCUT2D eigenvalue weighted by Crippen LogP contribution is -2.21. The zero-order valence-electron chi connectivity index (χ0n) is 10.0. The van der Waals surface area contributed by atoms with Gasteiger partial charge in [-0.25, -0.2) is 4.39 Å². The van der Waals surface area contributed by atoms with Crippen molar-refractivity contribution in [2.45, 2.75) is 26.2 Å². The van der Waals surface area contributed by atoms with E-state index in [9.17, 15) is 4.39 Å². The smallest absolute Gasteiger partial charge is 0.126 e. The summed E-state index contributed by atoms with van der Waals surface area (Å²) in [6.07, 6.45) is 1.16. The predicted octanol–water partition coefficient (Wildman–Crippen LogP) is 3.17. The Morgan fingerprint density at radius 3 is 2.62 bits per heavy atom. The first-order valence-corrected chi connectivity index (χ1v) is 6.15. The van der Waals surface area contributed by atoms with Crippen LogP contribution in [0.2, 0.25) is 0 Å². The molecule has 0 amide bonds. The quantitative estimate of drug-likeness (QED) is 0.826. The van der Waals surface area contributed by atoms with Crippen molar-refractivity contribution in [2.24, 2.45) is 11.8 Å². The fourth-order valence-corrected chi connectivity index (χ4v) is 2.89. The van der Waals surface area contributed by atoms with Gasteiger partial charge in [0.05, 0.1) is 0 Å². The van der Waals surface area contributed by atoms with Crippen LogP contribution in [0.3, 0.4) is 0 Å². The Kier molecular flexibility index (Phi) is 3.59. The molecule has 88 valence electrons. The van der Waals surface area contributed by atoms with Gasteiger partial charge in [0.2, 0.25) is 0 Å². The van der Waals surface area contributed by atoms with Gasteiger partial charge in [-0.05, 0) is 48.9 Å². The molecule has 1 fully saturated rings. The molecule has 1 nitrogen and oxygen atoms in total. The summed E-state index contributed by atoms with van der Waals surface area (Å²) in [5.74, 6) is 1.36. The molecule has 1 aliphatic rings. The highest BCUT2D eigenvalue weighted by Gasteiger charge is 2.30. The SMILES string of the molecule is CC(C)C(c1ccccc1F)C1CCNC1. The lowest BCUT2D eigenvalue weighted by Gasteiger charge is -2.27. The van der Waals surface area contributed by atoms with Crippen molar-refractivity contribution < 1.29 is 4.39 Å². The van der Waals surface area contributed by atoms with Crippen LogP contribution in [0.1, 0.15) is 31.7 Å². The topological polar surface area (TPSA) is 12.0 Å². The lowest BCUT2D eigenvalue weighted by atomic mass is 9.78. The second-order valence-electron chi connectivity index (χ2n) is 5.04. The molecule has 0 aliphatic carbocycles. The highest BCUT2D eigenvalue weighted by molar-refractivity contribution is 5.23. The van der Waals surface area contributed by atoms with E-state index < -0.39 is 0 Å². The third kappa shape index (κ3) is 2.27. The molecule has 0 saturated carbocycles. The van der Waals surface area contributed by atoms with Crippen molar-refractivity contribution >= 4 is 0 Å². The summed E-state index contributed by atoms with van der Waals surface area (Å²) in [7, 11) is 0. The van der Waals surface area contributed by atoms with Crippen LogP contribution >= 0.6 is 0 Å². The van der Waals surface area contributed by atoms with E-state index in [1.165, 1.54) is 0 Å². The van der Waals surface area contributed by atoms with E-state index in [1.807, 2.05) is 12.1 Å². The minimum absolute atomic E-state index is 0.0481. The molecular formula is C14H20FN. The van der Waals surface area contributed by atoms with Crippen molar-refractivity contribution in [1.29, 1.82) is 0 Å². The molecule has 1 heterocycles. The van der Waals surface area contributed by atoms with E-state index in [0.29, 0.717) is 17.8 Å². The lowest BCUT2D eigenvalue weighted by molar-refractivity contribution is 0.352. The molecule has 2 unspecified atom stereocenters. The monoisotopic (exact) mass is 221 g/mol. The van der Waals surface area contributed by atoms with E-state index in [-0.39, 0.29) is 5.82 Å². The van der Waals surface area contributed by atoms with Gasteiger partial charge in [0.15, 0.2) is 0 Å². The maximum absolute atomic E-state index is 13.8. The van der Waals surface area contributed by atoms with Crippen LogP contribution in [-0.4, -0.2) is 13.1 Å². The standard InChI is InChI=1S/C14H20FN/c1-10(2)14(11-7-8-16-9-11)12-5-3-4-6-13(12)15/h3-6,10-11,14,16H,7-9H2,1-2H3. The Morgan fingerprint density at radius 2 is 2.06 bits per heavy atom.